The van der Waals surface area contributed by atoms with Crippen molar-refractivity contribution < 1.29 is 0 Å². The largest absolute Gasteiger partial charge is 0.245 e. The van der Waals surface area contributed by atoms with Crippen molar-refractivity contribution in [3.8, 4) is 6.07 Å². The first kappa shape index (κ1) is 9.80. The molecular formula is C13H12N2S. The SMILES string of the molecule is N#Cc1nccc2sc(CCC3CC3)cc12. The van der Waals surface area contributed by atoms with Gasteiger partial charge in [-0.1, -0.05) is 12.8 Å². The summed E-state index contributed by atoms with van der Waals surface area (Å²) in [6.45, 7) is 0. The van der Waals surface area contributed by atoms with Gasteiger partial charge in [0.1, 0.15) is 11.8 Å². The van der Waals surface area contributed by atoms with Crippen molar-refractivity contribution in [2.24, 2.45) is 5.92 Å². The third-order valence-corrected chi connectivity index (χ3v) is 4.26. The highest BCUT2D eigenvalue weighted by Crippen LogP contribution is 2.35. The van der Waals surface area contributed by atoms with Crippen LogP contribution in [0.4, 0.5) is 0 Å². The minimum Gasteiger partial charge on any atom is -0.245 e. The number of thiophene rings is 1. The molecule has 0 aliphatic heterocycles. The van der Waals surface area contributed by atoms with E-state index in [2.05, 4.69) is 17.1 Å². The van der Waals surface area contributed by atoms with Gasteiger partial charge >= 0.3 is 0 Å². The van der Waals surface area contributed by atoms with E-state index in [1.807, 2.05) is 6.07 Å². The second kappa shape index (κ2) is 3.88. The van der Waals surface area contributed by atoms with Crippen LogP contribution in [0.2, 0.25) is 0 Å². The molecule has 16 heavy (non-hydrogen) atoms. The Bertz CT molecular complexity index is 561. The molecule has 0 unspecified atom stereocenters. The smallest absolute Gasteiger partial charge is 0.149 e. The van der Waals surface area contributed by atoms with Gasteiger partial charge in [-0.05, 0) is 30.9 Å². The molecule has 2 aromatic rings. The monoisotopic (exact) mass is 228 g/mol. The Balaban J connectivity index is 1.92. The lowest BCUT2D eigenvalue weighted by molar-refractivity contribution is 0.733. The van der Waals surface area contributed by atoms with Crippen molar-refractivity contribution in [2.45, 2.75) is 25.7 Å². The van der Waals surface area contributed by atoms with E-state index < -0.39 is 0 Å². The van der Waals surface area contributed by atoms with Crippen LogP contribution >= 0.6 is 11.3 Å². The van der Waals surface area contributed by atoms with Crippen molar-refractivity contribution in [3.63, 3.8) is 0 Å². The molecule has 3 heteroatoms. The molecule has 1 saturated carbocycles. The third kappa shape index (κ3) is 1.81. The first-order chi connectivity index (χ1) is 7.86. The molecule has 0 spiro atoms. The number of nitrogens with zero attached hydrogens (tertiary/aromatic N) is 2. The lowest BCUT2D eigenvalue weighted by Crippen LogP contribution is -1.82. The summed E-state index contributed by atoms with van der Waals surface area (Å²) in [4.78, 5) is 5.49. The molecule has 1 fully saturated rings. The van der Waals surface area contributed by atoms with E-state index in [-0.39, 0.29) is 0 Å². The predicted molar refractivity (Wildman–Crippen MR) is 65.4 cm³/mol. The van der Waals surface area contributed by atoms with Gasteiger partial charge in [-0.15, -0.1) is 11.3 Å². The van der Waals surface area contributed by atoms with Crippen molar-refractivity contribution in [3.05, 3.63) is 28.9 Å². The fraction of sp³-hybridized carbons (Fsp3) is 0.385. The van der Waals surface area contributed by atoms with Gasteiger partial charge in [0.05, 0.1) is 0 Å². The highest BCUT2D eigenvalue weighted by Gasteiger charge is 2.21. The Hall–Kier alpha value is -1.40. The summed E-state index contributed by atoms with van der Waals surface area (Å²) >= 11 is 1.81. The average Bonchev–Trinajstić information content (AvgIpc) is 3.04. The maximum atomic E-state index is 8.97. The average molecular weight is 228 g/mol. The molecule has 2 nitrogen and oxygen atoms in total. The molecule has 0 aromatic carbocycles. The van der Waals surface area contributed by atoms with Gasteiger partial charge < -0.3 is 0 Å². The summed E-state index contributed by atoms with van der Waals surface area (Å²) in [6.07, 6.45) is 7.02. The van der Waals surface area contributed by atoms with Crippen LogP contribution < -0.4 is 0 Å². The minimum absolute atomic E-state index is 0.562. The molecule has 1 aliphatic carbocycles. The minimum atomic E-state index is 0.562. The van der Waals surface area contributed by atoms with Gasteiger partial charge in [0.15, 0.2) is 0 Å². The molecule has 3 rings (SSSR count). The number of fused-ring (bicyclic) bond motifs is 1. The summed E-state index contributed by atoms with van der Waals surface area (Å²) < 4.78 is 1.19. The van der Waals surface area contributed by atoms with E-state index in [0.29, 0.717) is 5.69 Å². The van der Waals surface area contributed by atoms with Crippen LogP contribution in [0.5, 0.6) is 0 Å². The molecule has 2 heterocycles. The zero-order valence-corrected chi connectivity index (χ0v) is 9.76. The molecule has 0 bridgehead atoms. The van der Waals surface area contributed by atoms with Crippen LogP contribution in [0.1, 0.15) is 29.8 Å². The Morgan fingerprint density at radius 1 is 1.50 bits per heavy atom. The normalized spacial score (nSPS) is 15.2. The topological polar surface area (TPSA) is 36.7 Å². The van der Waals surface area contributed by atoms with Gasteiger partial charge in [0.25, 0.3) is 0 Å². The summed E-state index contributed by atoms with van der Waals surface area (Å²) in [5, 5.41) is 9.99. The molecule has 2 aromatic heterocycles. The van der Waals surface area contributed by atoms with E-state index in [1.165, 1.54) is 28.8 Å². The number of aromatic nitrogens is 1. The number of rotatable bonds is 3. The zero-order chi connectivity index (χ0) is 11.0. The highest BCUT2D eigenvalue weighted by atomic mass is 32.1. The molecule has 0 radical (unpaired) electrons. The number of nitriles is 1. The quantitative estimate of drug-likeness (QED) is 0.806. The van der Waals surface area contributed by atoms with Gasteiger partial charge in [-0.2, -0.15) is 5.26 Å². The molecule has 0 saturated heterocycles. The van der Waals surface area contributed by atoms with Crippen LogP contribution in [-0.2, 0) is 6.42 Å². The predicted octanol–water partition coefficient (Wildman–Crippen LogP) is 3.51. The van der Waals surface area contributed by atoms with Crippen molar-refractivity contribution in [1.82, 2.24) is 4.98 Å². The summed E-state index contributed by atoms with van der Waals surface area (Å²) in [5.41, 5.74) is 0.562. The molecule has 1 aliphatic rings. The Morgan fingerprint density at radius 2 is 2.38 bits per heavy atom. The molecule has 80 valence electrons. The standard InChI is InChI=1S/C13H12N2S/c14-8-12-11-7-10(4-3-9-1-2-9)16-13(11)5-6-15-12/h5-7,9H,1-4H2. The second-order valence-electron chi connectivity index (χ2n) is 4.38. The Labute approximate surface area is 98.5 Å². The van der Waals surface area contributed by atoms with Crippen LogP contribution in [0, 0.1) is 17.2 Å². The summed E-state index contributed by atoms with van der Waals surface area (Å²) in [5.74, 6) is 0.971. The van der Waals surface area contributed by atoms with E-state index >= 15 is 0 Å². The number of aryl methyl sites for hydroxylation is 1. The second-order valence-corrected chi connectivity index (χ2v) is 5.55. The van der Waals surface area contributed by atoms with Gasteiger partial charge in [-0.3, -0.25) is 0 Å². The van der Waals surface area contributed by atoms with Gasteiger partial charge in [0, 0.05) is 21.2 Å². The van der Waals surface area contributed by atoms with Crippen LogP contribution in [0.25, 0.3) is 10.1 Å². The highest BCUT2D eigenvalue weighted by molar-refractivity contribution is 7.19. The summed E-state index contributed by atoms with van der Waals surface area (Å²) in [6, 6.07) is 6.30. The molecule has 0 atom stereocenters. The maximum Gasteiger partial charge on any atom is 0.149 e. The molecular weight excluding hydrogens is 216 g/mol. The fourth-order valence-corrected chi connectivity index (χ4v) is 3.05. The zero-order valence-electron chi connectivity index (χ0n) is 8.94. The van der Waals surface area contributed by atoms with Crippen molar-refractivity contribution in [2.75, 3.05) is 0 Å². The molecule has 0 N–H and O–H groups in total. The van der Waals surface area contributed by atoms with E-state index in [1.54, 1.807) is 17.5 Å². The number of pyridine rings is 1. The number of hydrogen-bond acceptors (Lipinski definition) is 3. The lowest BCUT2D eigenvalue weighted by Gasteiger charge is -1.92. The van der Waals surface area contributed by atoms with Crippen LogP contribution in [-0.4, -0.2) is 4.98 Å². The van der Waals surface area contributed by atoms with Gasteiger partial charge in [0.2, 0.25) is 0 Å². The van der Waals surface area contributed by atoms with E-state index in [0.717, 1.165) is 17.7 Å². The van der Waals surface area contributed by atoms with Crippen molar-refractivity contribution >= 4 is 21.4 Å². The van der Waals surface area contributed by atoms with Crippen LogP contribution in [0.15, 0.2) is 18.3 Å². The third-order valence-electron chi connectivity index (χ3n) is 3.10. The van der Waals surface area contributed by atoms with Crippen molar-refractivity contribution in [1.29, 1.82) is 5.26 Å². The van der Waals surface area contributed by atoms with E-state index in [9.17, 15) is 0 Å². The fourth-order valence-electron chi connectivity index (χ4n) is 1.98. The van der Waals surface area contributed by atoms with E-state index in [4.69, 9.17) is 5.26 Å². The van der Waals surface area contributed by atoms with Gasteiger partial charge in [-0.25, -0.2) is 4.98 Å². The lowest BCUT2D eigenvalue weighted by atomic mass is 10.2. The molecule has 0 amide bonds. The first-order valence-electron chi connectivity index (χ1n) is 5.64. The maximum absolute atomic E-state index is 8.97. The summed E-state index contributed by atoms with van der Waals surface area (Å²) in [7, 11) is 0. The number of hydrogen-bond donors (Lipinski definition) is 0. The first-order valence-corrected chi connectivity index (χ1v) is 6.46. The Morgan fingerprint density at radius 3 is 3.12 bits per heavy atom. The Kier molecular flexibility index (Phi) is 2.37. The van der Waals surface area contributed by atoms with Crippen LogP contribution in [0.3, 0.4) is 0 Å².